The Morgan fingerprint density at radius 3 is 2.59 bits per heavy atom. The number of ether oxygens (including phenoxy) is 1. The number of carbonyl (C=O) groups is 1. The molecule has 2 aliphatic heterocycles. The second kappa shape index (κ2) is 9.22. The Hall–Kier alpha value is -2.59. The second-order valence-corrected chi connectivity index (χ2v) is 10.2. The number of nitrogens with zero attached hydrogens (tertiary/aromatic N) is 4. The van der Waals surface area contributed by atoms with E-state index in [1.807, 2.05) is 35.6 Å². The minimum absolute atomic E-state index is 0.141. The third kappa shape index (κ3) is 4.07. The molecular formula is C26H26Cl2N4O2. The number of benzene rings is 1. The molecule has 176 valence electrons. The number of pyridine rings is 1. The van der Waals surface area contributed by atoms with Crippen LogP contribution >= 0.6 is 23.2 Å². The van der Waals surface area contributed by atoms with Crippen LogP contribution in [0, 0.1) is 30.1 Å². The first-order chi connectivity index (χ1) is 16.4. The van der Waals surface area contributed by atoms with E-state index in [1.165, 1.54) is 6.20 Å². The van der Waals surface area contributed by atoms with Gasteiger partial charge in [0.15, 0.2) is 0 Å². The predicted octanol–water partition coefficient (Wildman–Crippen LogP) is 5.15. The number of carbonyl (C=O) groups excluding carboxylic acids is 1. The van der Waals surface area contributed by atoms with E-state index >= 15 is 0 Å². The summed E-state index contributed by atoms with van der Waals surface area (Å²) < 4.78 is 7.38. The molecule has 4 heterocycles. The van der Waals surface area contributed by atoms with Crippen LogP contribution in [0.3, 0.4) is 0 Å². The van der Waals surface area contributed by atoms with E-state index in [4.69, 9.17) is 27.9 Å². The summed E-state index contributed by atoms with van der Waals surface area (Å²) in [5.74, 6) is 1.12. The van der Waals surface area contributed by atoms with Crippen molar-refractivity contribution in [1.82, 2.24) is 14.5 Å². The quantitative estimate of drug-likeness (QED) is 0.500. The van der Waals surface area contributed by atoms with Crippen molar-refractivity contribution >= 4 is 40.0 Å². The van der Waals surface area contributed by atoms with Crippen molar-refractivity contribution in [3.8, 4) is 6.07 Å². The molecule has 2 aromatic heterocycles. The highest BCUT2D eigenvalue weighted by atomic mass is 35.5. The maximum Gasteiger partial charge on any atom is 0.274 e. The predicted molar refractivity (Wildman–Crippen MR) is 132 cm³/mol. The lowest BCUT2D eigenvalue weighted by molar-refractivity contribution is -0.0707. The van der Waals surface area contributed by atoms with Gasteiger partial charge in [0.2, 0.25) is 0 Å². The van der Waals surface area contributed by atoms with E-state index < -0.39 is 0 Å². The zero-order valence-corrected chi connectivity index (χ0v) is 20.8. The van der Waals surface area contributed by atoms with Gasteiger partial charge in [-0.05, 0) is 55.0 Å². The molecular weight excluding hydrogens is 471 g/mol. The molecule has 2 fully saturated rings. The van der Waals surface area contributed by atoms with E-state index in [2.05, 4.69) is 17.1 Å². The molecule has 0 atom stereocenters. The van der Waals surface area contributed by atoms with Gasteiger partial charge in [0.05, 0.1) is 34.9 Å². The molecule has 1 aromatic carbocycles. The standard InChI is InChI=1S/C26H26Cl2N4O2/c1-15-7-16(11-29)8-23-20(15)9-19(31(23)2)10-21-22(27)12-30-25(24(21)28)26(33)32-5-3-17(4-6-32)18-13-34-14-18/h7-9,12,17-18H,3-6,10,13-14H2,1-2H3. The summed E-state index contributed by atoms with van der Waals surface area (Å²) in [7, 11) is 1.96. The van der Waals surface area contributed by atoms with Crippen LogP contribution in [0.1, 0.15) is 45.7 Å². The summed E-state index contributed by atoms with van der Waals surface area (Å²) in [5, 5.41) is 11.2. The van der Waals surface area contributed by atoms with Crippen LogP contribution in [0.2, 0.25) is 10.0 Å². The highest BCUT2D eigenvalue weighted by Gasteiger charge is 2.33. The third-order valence-electron chi connectivity index (χ3n) is 7.38. The molecule has 0 unspecified atom stereocenters. The fourth-order valence-corrected chi connectivity index (χ4v) is 5.70. The maximum atomic E-state index is 13.3. The van der Waals surface area contributed by atoms with Gasteiger partial charge in [-0.25, -0.2) is 4.98 Å². The highest BCUT2D eigenvalue weighted by Crippen LogP contribution is 2.34. The average Bonchev–Trinajstić information content (AvgIpc) is 3.11. The Kier molecular flexibility index (Phi) is 6.28. The maximum absolute atomic E-state index is 13.3. The Morgan fingerprint density at radius 2 is 1.94 bits per heavy atom. The Bertz CT molecular complexity index is 1310. The smallest absolute Gasteiger partial charge is 0.274 e. The number of piperidine rings is 1. The number of rotatable bonds is 4. The van der Waals surface area contributed by atoms with Gasteiger partial charge in [-0.1, -0.05) is 23.2 Å². The third-order valence-corrected chi connectivity index (χ3v) is 8.12. The first-order valence-electron chi connectivity index (χ1n) is 11.6. The lowest BCUT2D eigenvalue weighted by Crippen LogP contribution is -2.44. The van der Waals surface area contributed by atoms with Gasteiger partial charge < -0.3 is 14.2 Å². The van der Waals surface area contributed by atoms with Gasteiger partial charge in [-0.15, -0.1) is 0 Å². The van der Waals surface area contributed by atoms with E-state index in [9.17, 15) is 10.1 Å². The zero-order chi connectivity index (χ0) is 24.0. The lowest BCUT2D eigenvalue weighted by Gasteiger charge is -2.39. The molecule has 1 amide bonds. The second-order valence-electron chi connectivity index (χ2n) is 9.38. The number of nitriles is 1. The number of aryl methyl sites for hydroxylation is 2. The van der Waals surface area contributed by atoms with E-state index in [-0.39, 0.29) is 11.6 Å². The molecule has 5 rings (SSSR count). The molecule has 0 spiro atoms. The monoisotopic (exact) mass is 496 g/mol. The van der Waals surface area contributed by atoms with E-state index in [0.29, 0.717) is 52.5 Å². The first-order valence-corrected chi connectivity index (χ1v) is 12.3. The average molecular weight is 497 g/mol. The number of aromatic nitrogens is 2. The topological polar surface area (TPSA) is 71.2 Å². The Morgan fingerprint density at radius 1 is 1.21 bits per heavy atom. The van der Waals surface area contributed by atoms with Gasteiger partial charge >= 0.3 is 0 Å². The molecule has 0 bridgehead atoms. The molecule has 34 heavy (non-hydrogen) atoms. The molecule has 0 saturated carbocycles. The number of fused-ring (bicyclic) bond motifs is 1. The van der Waals surface area contributed by atoms with E-state index in [0.717, 1.165) is 48.2 Å². The van der Waals surface area contributed by atoms with Crippen molar-refractivity contribution in [2.24, 2.45) is 18.9 Å². The normalized spacial score (nSPS) is 17.1. The van der Waals surface area contributed by atoms with Gasteiger partial charge in [0, 0.05) is 55.3 Å². The molecule has 0 N–H and O–H groups in total. The van der Waals surface area contributed by atoms with Crippen LogP contribution in [-0.4, -0.2) is 46.7 Å². The van der Waals surface area contributed by atoms with E-state index in [1.54, 1.807) is 0 Å². The van der Waals surface area contributed by atoms with Crippen LogP contribution in [0.4, 0.5) is 0 Å². The van der Waals surface area contributed by atoms with Crippen molar-refractivity contribution in [2.75, 3.05) is 26.3 Å². The summed E-state index contributed by atoms with van der Waals surface area (Å²) in [4.78, 5) is 19.5. The van der Waals surface area contributed by atoms with Gasteiger partial charge in [0.1, 0.15) is 5.69 Å². The van der Waals surface area contributed by atoms with Gasteiger partial charge in [-0.2, -0.15) is 5.26 Å². The first kappa shape index (κ1) is 23.2. The summed E-state index contributed by atoms with van der Waals surface area (Å²) >= 11 is 13.3. The molecule has 3 aromatic rings. The Labute approximate surface area is 209 Å². The van der Waals surface area contributed by atoms with Gasteiger partial charge in [-0.3, -0.25) is 4.79 Å². The molecule has 0 radical (unpaired) electrons. The summed E-state index contributed by atoms with van der Waals surface area (Å²) in [6, 6.07) is 8.08. The van der Waals surface area contributed by atoms with Gasteiger partial charge in [0.25, 0.3) is 5.91 Å². The number of halogens is 2. The van der Waals surface area contributed by atoms with Crippen molar-refractivity contribution in [2.45, 2.75) is 26.2 Å². The minimum Gasteiger partial charge on any atom is -0.381 e. The molecule has 8 heteroatoms. The van der Waals surface area contributed by atoms with Crippen LogP contribution in [0.5, 0.6) is 0 Å². The highest BCUT2D eigenvalue weighted by molar-refractivity contribution is 6.37. The van der Waals surface area contributed by atoms with Crippen molar-refractivity contribution in [3.05, 3.63) is 62.5 Å². The number of hydrogen-bond donors (Lipinski definition) is 0. The van der Waals surface area contributed by atoms with Crippen molar-refractivity contribution < 1.29 is 9.53 Å². The minimum atomic E-state index is -0.141. The van der Waals surface area contributed by atoms with Crippen LogP contribution in [-0.2, 0) is 18.2 Å². The Balaban J connectivity index is 1.41. The number of hydrogen-bond acceptors (Lipinski definition) is 4. The molecule has 6 nitrogen and oxygen atoms in total. The summed E-state index contributed by atoms with van der Waals surface area (Å²) in [6.45, 7) is 5.10. The number of likely N-dealkylation sites (tertiary alicyclic amines) is 1. The SMILES string of the molecule is Cc1cc(C#N)cc2c1cc(Cc1c(Cl)cnc(C(=O)N3CCC(C4COC4)CC3)c1Cl)n2C. The largest absolute Gasteiger partial charge is 0.381 e. The van der Waals surface area contributed by atoms with Crippen LogP contribution in [0.25, 0.3) is 10.9 Å². The fraction of sp³-hybridized carbons (Fsp3) is 0.423. The summed E-state index contributed by atoms with van der Waals surface area (Å²) in [5.41, 5.74) is 4.57. The lowest BCUT2D eigenvalue weighted by atomic mass is 9.83. The molecule has 2 aliphatic rings. The van der Waals surface area contributed by atoms with Crippen LogP contribution < -0.4 is 0 Å². The molecule has 0 aliphatic carbocycles. The van der Waals surface area contributed by atoms with Crippen molar-refractivity contribution in [1.29, 1.82) is 5.26 Å². The fourth-order valence-electron chi connectivity index (χ4n) is 5.14. The molecule has 2 saturated heterocycles. The zero-order valence-electron chi connectivity index (χ0n) is 19.3. The summed E-state index contributed by atoms with van der Waals surface area (Å²) in [6.07, 6.45) is 3.95. The van der Waals surface area contributed by atoms with Crippen LogP contribution in [0.15, 0.2) is 24.4 Å². The van der Waals surface area contributed by atoms with Crippen molar-refractivity contribution in [3.63, 3.8) is 0 Å². The number of amides is 1.